The van der Waals surface area contributed by atoms with Gasteiger partial charge < -0.3 is 14.6 Å². The third kappa shape index (κ3) is 2.80. The number of hydrogen-bond donors (Lipinski definition) is 1. The van der Waals surface area contributed by atoms with Crippen molar-refractivity contribution in [3.8, 4) is 5.75 Å². The van der Waals surface area contributed by atoms with Crippen LogP contribution in [0.3, 0.4) is 0 Å². The van der Waals surface area contributed by atoms with E-state index < -0.39 is 5.97 Å². The number of ether oxygens (including phenoxy) is 2. The summed E-state index contributed by atoms with van der Waals surface area (Å²) in [5, 5.41) is 8.88. The minimum atomic E-state index is -0.910. The van der Waals surface area contributed by atoms with Gasteiger partial charge in [-0.25, -0.2) is 4.79 Å². The van der Waals surface area contributed by atoms with Crippen molar-refractivity contribution in [1.29, 1.82) is 0 Å². The van der Waals surface area contributed by atoms with E-state index in [9.17, 15) is 4.79 Å². The summed E-state index contributed by atoms with van der Waals surface area (Å²) in [5.41, 5.74) is 0.334. The van der Waals surface area contributed by atoms with Crippen LogP contribution in [0.25, 0.3) is 0 Å². The molecule has 1 N–H and O–H groups in total. The second kappa shape index (κ2) is 5.44. The number of aromatic carboxylic acids is 1. The van der Waals surface area contributed by atoms with E-state index in [2.05, 4.69) is 0 Å². The van der Waals surface area contributed by atoms with Gasteiger partial charge in [-0.3, -0.25) is 0 Å². The third-order valence-electron chi connectivity index (χ3n) is 4.37. The van der Waals surface area contributed by atoms with Crippen molar-refractivity contribution in [2.24, 2.45) is 0 Å². The van der Waals surface area contributed by atoms with Crippen LogP contribution in [-0.4, -0.2) is 29.4 Å². The fraction of sp³-hybridized carbons (Fsp3) is 0.562. The van der Waals surface area contributed by atoms with E-state index in [1.54, 1.807) is 24.3 Å². The van der Waals surface area contributed by atoms with E-state index >= 15 is 0 Å². The molecule has 1 unspecified atom stereocenters. The molecule has 1 aliphatic carbocycles. The lowest BCUT2D eigenvalue weighted by molar-refractivity contribution is -0.108. The summed E-state index contributed by atoms with van der Waals surface area (Å²) >= 11 is 0. The van der Waals surface area contributed by atoms with Crippen LogP contribution in [0.2, 0.25) is 0 Å². The average Bonchev–Trinajstić information content (AvgIpc) is 2.87. The van der Waals surface area contributed by atoms with Gasteiger partial charge in [-0.1, -0.05) is 12.8 Å². The first-order valence-corrected chi connectivity index (χ1v) is 7.31. The smallest absolute Gasteiger partial charge is 0.335 e. The summed E-state index contributed by atoms with van der Waals surface area (Å²) < 4.78 is 12.0. The van der Waals surface area contributed by atoms with Crippen molar-refractivity contribution in [2.75, 3.05) is 6.61 Å². The normalized spacial score (nSPS) is 24.7. The van der Waals surface area contributed by atoms with Crippen LogP contribution in [0.1, 0.15) is 48.9 Å². The summed E-state index contributed by atoms with van der Waals surface area (Å²) in [6.07, 6.45) is 6.82. The summed E-state index contributed by atoms with van der Waals surface area (Å²) in [4.78, 5) is 10.8. The molecule has 1 saturated heterocycles. The Hall–Kier alpha value is -1.55. The van der Waals surface area contributed by atoms with Gasteiger partial charge in [0.15, 0.2) is 0 Å². The van der Waals surface area contributed by atoms with Crippen LogP contribution in [0, 0.1) is 0 Å². The summed E-state index contributed by atoms with van der Waals surface area (Å²) in [7, 11) is 0. The first-order valence-electron chi connectivity index (χ1n) is 7.31. The molecule has 3 rings (SSSR count). The average molecular weight is 276 g/mol. The molecule has 4 heteroatoms. The molecule has 0 aromatic heterocycles. The van der Waals surface area contributed by atoms with Gasteiger partial charge in [-0.05, 0) is 37.1 Å². The standard InChI is InChI=1S/C16H20O4/c17-15(18)12-3-5-13(6-4-12)20-14-7-10-19-16(11-14)8-1-2-9-16/h3-6,14H,1-2,7-11H2,(H,17,18). The van der Waals surface area contributed by atoms with Gasteiger partial charge in [-0.2, -0.15) is 0 Å². The molecule has 2 fully saturated rings. The zero-order chi connectivity index (χ0) is 14.0. The predicted molar refractivity (Wildman–Crippen MR) is 74.2 cm³/mol. The molecule has 20 heavy (non-hydrogen) atoms. The van der Waals surface area contributed by atoms with E-state index in [0.717, 1.165) is 38.0 Å². The maximum atomic E-state index is 10.8. The molecule has 1 heterocycles. The monoisotopic (exact) mass is 276 g/mol. The Labute approximate surface area is 118 Å². The van der Waals surface area contributed by atoms with E-state index in [0.29, 0.717) is 0 Å². The van der Waals surface area contributed by atoms with Crippen molar-refractivity contribution >= 4 is 5.97 Å². The number of rotatable bonds is 3. The van der Waals surface area contributed by atoms with Crippen molar-refractivity contribution in [3.05, 3.63) is 29.8 Å². The molecule has 1 aromatic rings. The number of benzene rings is 1. The SMILES string of the molecule is O=C(O)c1ccc(OC2CCOC3(CCCC3)C2)cc1. The number of carbonyl (C=O) groups is 1. The van der Waals surface area contributed by atoms with Crippen molar-refractivity contribution in [1.82, 2.24) is 0 Å². The molecule has 4 nitrogen and oxygen atoms in total. The molecule has 1 atom stereocenters. The molecule has 1 aromatic carbocycles. The lowest BCUT2D eigenvalue weighted by Gasteiger charge is -2.38. The topological polar surface area (TPSA) is 55.8 Å². The molecule has 2 aliphatic rings. The molecule has 0 amide bonds. The van der Waals surface area contributed by atoms with Crippen molar-refractivity contribution in [3.63, 3.8) is 0 Å². The minimum absolute atomic E-state index is 0.0456. The highest BCUT2D eigenvalue weighted by Crippen LogP contribution is 2.40. The largest absolute Gasteiger partial charge is 0.490 e. The molecule has 0 radical (unpaired) electrons. The fourth-order valence-corrected chi connectivity index (χ4v) is 3.32. The zero-order valence-electron chi connectivity index (χ0n) is 11.5. The second-order valence-electron chi connectivity index (χ2n) is 5.80. The molecule has 1 aliphatic heterocycles. The Bertz CT molecular complexity index is 474. The first-order chi connectivity index (χ1) is 9.67. The lowest BCUT2D eigenvalue weighted by Crippen LogP contribution is -2.41. The minimum Gasteiger partial charge on any atom is -0.490 e. The summed E-state index contributed by atoms with van der Waals surface area (Å²) in [6.45, 7) is 0.762. The van der Waals surface area contributed by atoms with Crippen LogP contribution in [0.5, 0.6) is 5.75 Å². The number of hydrogen-bond acceptors (Lipinski definition) is 3. The Morgan fingerprint density at radius 3 is 2.60 bits per heavy atom. The van der Waals surface area contributed by atoms with E-state index in [-0.39, 0.29) is 17.3 Å². The summed E-state index contributed by atoms with van der Waals surface area (Å²) in [6, 6.07) is 6.64. The van der Waals surface area contributed by atoms with Crippen LogP contribution < -0.4 is 4.74 Å². The predicted octanol–water partition coefficient (Wildman–Crippen LogP) is 3.26. The second-order valence-corrected chi connectivity index (χ2v) is 5.80. The summed E-state index contributed by atoms with van der Waals surface area (Å²) in [5.74, 6) is -0.164. The zero-order valence-corrected chi connectivity index (χ0v) is 11.5. The van der Waals surface area contributed by atoms with E-state index in [1.165, 1.54) is 12.8 Å². The van der Waals surface area contributed by atoms with Gasteiger partial charge in [0.25, 0.3) is 0 Å². The number of carboxylic acids is 1. The number of carboxylic acid groups (broad SMARTS) is 1. The Morgan fingerprint density at radius 1 is 1.25 bits per heavy atom. The maximum Gasteiger partial charge on any atom is 0.335 e. The fourth-order valence-electron chi connectivity index (χ4n) is 3.32. The highest BCUT2D eigenvalue weighted by molar-refractivity contribution is 5.87. The van der Waals surface area contributed by atoms with Crippen molar-refractivity contribution in [2.45, 2.75) is 50.2 Å². The Morgan fingerprint density at radius 2 is 1.95 bits per heavy atom. The van der Waals surface area contributed by atoms with Crippen LogP contribution >= 0.6 is 0 Å². The van der Waals surface area contributed by atoms with Gasteiger partial charge in [0.05, 0.1) is 17.8 Å². The quantitative estimate of drug-likeness (QED) is 0.920. The Kier molecular flexibility index (Phi) is 3.66. The van der Waals surface area contributed by atoms with Gasteiger partial charge in [0, 0.05) is 12.8 Å². The van der Waals surface area contributed by atoms with Crippen molar-refractivity contribution < 1.29 is 19.4 Å². The highest BCUT2D eigenvalue weighted by atomic mass is 16.5. The van der Waals surface area contributed by atoms with Crippen LogP contribution in [0.15, 0.2) is 24.3 Å². The van der Waals surface area contributed by atoms with Gasteiger partial charge in [-0.15, -0.1) is 0 Å². The Balaban J connectivity index is 1.63. The molecule has 108 valence electrons. The maximum absolute atomic E-state index is 10.8. The molecular formula is C16H20O4. The van der Waals surface area contributed by atoms with E-state index in [1.807, 2.05) is 0 Å². The first kappa shape index (κ1) is 13.4. The molecule has 1 saturated carbocycles. The molecule has 0 bridgehead atoms. The van der Waals surface area contributed by atoms with Gasteiger partial charge in [0.2, 0.25) is 0 Å². The van der Waals surface area contributed by atoms with Crippen LogP contribution in [-0.2, 0) is 4.74 Å². The third-order valence-corrected chi connectivity index (χ3v) is 4.37. The molecule has 1 spiro atoms. The van der Waals surface area contributed by atoms with Crippen LogP contribution in [0.4, 0.5) is 0 Å². The van der Waals surface area contributed by atoms with Gasteiger partial charge in [0.1, 0.15) is 11.9 Å². The van der Waals surface area contributed by atoms with E-state index in [4.69, 9.17) is 14.6 Å². The molecular weight excluding hydrogens is 256 g/mol. The highest BCUT2D eigenvalue weighted by Gasteiger charge is 2.40. The van der Waals surface area contributed by atoms with Gasteiger partial charge >= 0.3 is 5.97 Å². The lowest BCUT2D eigenvalue weighted by atomic mass is 9.90.